The molecule has 0 amide bonds. The van der Waals surface area contributed by atoms with Crippen LogP contribution in [0.1, 0.15) is 42.9 Å². The molecule has 0 aliphatic heterocycles. The number of thiophene rings is 1. The monoisotopic (exact) mass is 205 g/mol. The molecule has 1 saturated carbocycles. The molecule has 0 N–H and O–H groups in total. The van der Waals surface area contributed by atoms with Crippen molar-refractivity contribution in [2.24, 2.45) is 5.92 Å². The lowest BCUT2D eigenvalue weighted by Gasteiger charge is -2.17. The zero-order valence-electron chi connectivity index (χ0n) is 8.28. The van der Waals surface area contributed by atoms with Crippen molar-refractivity contribution in [2.75, 3.05) is 0 Å². The number of nitriles is 1. The van der Waals surface area contributed by atoms with E-state index >= 15 is 0 Å². The van der Waals surface area contributed by atoms with E-state index in [1.807, 2.05) is 0 Å². The molecule has 1 heterocycles. The lowest BCUT2D eigenvalue weighted by Crippen LogP contribution is -2.07. The van der Waals surface area contributed by atoms with Crippen LogP contribution in [0.2, 0.25) is 0 Å². The summed E-state index contributed by atoms with van der Waals surface area (Å²) in [6, 6.07) is 6.77. The van der Waals surface area contributed by atoms with Gasteiger partial charge in [0.05, 0.1) is 12.0 Å². The first kappa shape index (κ1) is 9.73. The van der Waals surface area contributed by atoms with Gasteiger partial charge in [-0.2, -0.15) is 5.26 Å². The van der Waals surface area contributed by atoms with Crippen molar-refractivity contribution in [3.05, 3.63) is 22.4 Å². The molecule has 1 nitrogen and oxygen atoms in total. The Morgan fingerprint density at radius 2 is 2.14 bits per heavy atom. The molecule has 2 rings (SSSR count). The highest BCUT2D eigenvalue weighted by atomic mass is 32.1. The van der Waals surface area contributed by atoms with Gasteiger partial charge in [0.2, 0.25) is 0 Å². The van der Waals surface area contributed by atoms with E-state index in [9.17, 15) is 0 Å². The minimum atomic E-state index is 0.260. The molecule has 1 aliphatic rings. The molecule has 1 aliphatic carbocycles. The van der Waals surface area contributed by atoms with Crippen LogP contribution in [0.25, 0.3) is 0 Å². The fourth-order valence-electron chi connectivity index (χ4n) is 2.30. The SMILES string of the molecule is N#CC1CCCCCC1c1cccs1. The van der Waals surface area contributed by atoms with Gasteiger partial charge in [-0.25, -0.2) is 0 Å². The summed E-state index contributed by atoms with van der Waals surface area (Å²) in [5.41, 5.74) is 0. The normalized spacial score (nSPS) is 27.9. The molecule has 74 valence electrons. The number of nitrogens with zero attached hydrogens (tertiary/aromatic N) is 1. The fourth-order valence-corrected chi connectivity index (χ4v) is 3.23. The van der Waals surface area contributed by atoms with Gasteiger partial charge in [-0.3, -0.25) is 0 Å². The van der Waals surface area contributed by atoms with Crippen LogP contribution in [-0.2, 0) is 0 Å². The number of hydrogen-bond acceptors (Lipinski definition) is 2. The number of rotatable bonds is 1. The summed E-state index contributed by atoms with van der Waals surface area (Å²) < 4.78 is 0. The second-order valence-electron chi connectivity index (χ2n) is 4.00. The Kier molecular flexibility index (Phi) is 3.21. The highest BCUT2D eigenvalue weighted by molar-refractivity contribution is 7.10. The lowest BCUT2D eigenvalue weighted by atomic mass is 9.88. The Morgan fingerprint density at radius 3 is 2.86 bits per heavy atom. The van der Waals surface area contributed by atoms with Crippen molar-refractivity contribution in [2.45, 2.75) is 38.0 Å². The summed E-state index contributed by atoms with van der Waals surface area (Å²) in [7, 11) is 0. The van der Waals surface area contributed by atoms with E-state index in [1.54, 1.807) is 11.3 Å². The first-order valence-corrected chi connectivity index (χ1v) is 6.23. The summed E-state index contributed by atoms with van der Waals surface area (Å²) in [6.07, 6.45) is 6.14. The minimum Gasteiger partial charge on any atom is -0.198 e. The van der Waals surface area contributed by atoms with Crippen molar-refractivity contribution in [3.63, 3.8) is 0 Å². The van der Waals surface area contributed by atoms with E-state index in [4.69, 9.17) is 5.26 Å². The topological polar surface area (TPSA) is 23.8 Å². The molecule has 2 atom stereocenters. The maximum absolute atomic E-state index is 9.14. The zero-order chi connectivity index (χ0) is 9.80. The average molecular weight is 205 g/mol. The third-order valence-corrected chi connectivity index (χ3v) is 4.09. The zero-order valence-corrected chi connectivity index (χ0v) is 9.09. The van der Waals surface area contributed by atoms with Crippen LogP contribution in [0.5, 0.6) is 0 Å². The molecule has 1 aromatic rings. The average Bonchev–Trinajstić information content (AvgIpc) is 2.63. The van der Waals surface area contributed by atoms with Crippen molar-refractivity contribution >= 4 is 11.3 Å². The summed E-state index contributed by atoms with van der Waals surface area (Å²) in [4.78, 5) is 1.42. The smallest absolute Gasteiger partial charge is 0.0662 e. The predicted octanol–water partition coefficient (Wildman–Crippen LogP) is 3.94. The molecule has 0 saturated heterocycles. The highest BCUT2D eigenvalue weighted by Gasteiger charge is 2.25. The molecule has 0 spiro atoms. The van der Waals surface area contributed by atoms with Gasteiger partial charge in [-0.1, -0.05) is 25.3 Å². The Balaban J connectivity index is 2.18. The van der Waals surface area contributed by atoms with Gasteiger partial charge in [0, 0.05) is 10.8 Å². The van der Waals surface area contributed by atoms with E-state index in [1.165, 1.54) is 30.6 Å². The summed E-state index contributed by atoms with van der Waals surface area (Å²) >= 11 is 1.81. The van der Waals surface area contributed by atoms with Gasteiger partial charge in [0.25, 0.3) is 0 Å². The van der Waals surface area contributed by atoms with Crippen LogP contribution in [0, 0.1) is 17.2 Å². The third-order valence-electron chi connectivity index (χ3n) is 3.09. The highest BCUT2D eigenvalue weighted by Crippen LogP contribution is 2.37. The second-order valence-corrected chi connectivity index (χ2v) is 4.97. The first-order chi connectivity index (χ1) is 6.92. The minimum absolute atomic E-state index is 0.260. The first-order valence-electron chi connectivity index (χ1n) is 5.35. The van der Waals surface area contributed by atoms with Gasteiger partial charge in [0.1, 0.15) is 0 Å². The number of hydrogen-bond donors (Lipinski definition) is 0. The Hall–Kier alpha value is -0.810. The molecule has 0 aromatic carbocycles. The fraction of sp³-hybridized carbons (Fsp3) is 0.583. The molecule has 2 unspecified atom stereocenters. The van der Waals surface area contributed by atoms with Gasteiger partial charge >= 0.3 is 0 Å². The predicted molar refractivity (Wildman–Crippen MR) is 59.2 cm³/mol. The van der Waals surface area contributed by atoms with Crippen LogP contribution in [0.15, 0.2) is 17.5 Å². The van der Waals surface area contributed by atoms with Crippen molar-refractivity contribution in [1.29, 1.82) is 5.26 Å². The molecule has 1 fully saturated rings. The van der Waals surface area contributed by atoms with Gasteiger partial charge in [0.15, 0.2) is 0 Å². The van der Waals surface area contributed by atoms with Crippen LogP contribution in [0.3, 0.4) is 0 Å². The Morgan fingerprint density at radius 1 is 1.29 bits per heavy atom. The second kappa shape index (κ2) is 4.61. The molecule has 0 radical (unpaired) electrons. The van der Waals surface area contributed by atoms with E-state index in [2.05, 4.69) is 23.6 Å². The van der Waals surface area contributed by atoms with Crippen LogP contribution < -0.4 is 0 Å². The Labute approximate surface area is 89.4 Å². The molecule has 1 aromatic heterocycles. The van der Waals surface area contributed by atoms with Gasteiger partial charge in [-0.15, -0.1) is 11.3 Å². The van der Waals surface area contributed by atoms with Crippen LogP contribution in [0.4, 0.5) is 0 Å². The van der Waals surface area contributed by atoms with Gasteiger partial charge < -0.3 is 0 Å². The van der Waals surface area contributed by atoms with Crippen molar-refractivity contribution < 1.29 is 0 Å². The maximum atomic E-state index is 9.14. The standard InChI is InChI=1S/C12H15NS/c13-9-10-5-2-1-3-6-11(10)12-7-4-8-14-12/h4,7-8,10-11H,1-3,5-6H2. The third kappa shape index (κ3) is 1.99. The van der Waals surface area contributed by atoms with Crippen LogP contribution >= 0.6 is 11.3 Å². The van der Waals surface area contributed by atoms with Gasteiger partial charge in [-0.05, 0) is 24.3 Å². The Bertz CT molecular complexity index is 310. The molecule has 14 heavy (non-hydrogen) atoms. The van der Waals surface area contributed by atoms with E-state index < -0.39 is 0 Å². The van der Waals surface area contributed by atoms with E-state index in [0.29, 0.717) is 5.92 Å². The van der Waals surface area contributed by atoms with E-state index in [-0.39, 0.29) is 5.92 Å². The molecule has 2 heteroatoms. The molecular formula is C12H15NS. The van der Waals surface area contributed by atoms with Crippen molar-refractivity contribution in [1.82, 2.24) is 0 Å². The summed E-state index contributed by atoms with van der Waals surface area (Å²) in [5.74, 6) is 0.777. The van der Waals surface area contributed by atoms with Crippen LogP contribution in [-0.4, -0.2) is 0 Å². The summed E-state index contributed by atoms with van der Waals surface area (Å²) in [5, 5.41) is 11.3. The quantitative estimate of drug-likeness (QED) is 0.637. The largest absolute Gasteiger partial charge is 0.198 e. The lowest BCUT2D eigenvalue weighted by molar-refractivity contribution is 0.496. The molecule has 0 bridgehead atoms. The molecular weight excluding hydrogens is 190 g/mol. The van der Waals surface area contributed by atoms with E-state index in [0.717, 1.165) is 6.42 Å². The van der Waals surface area contributed by atoms with Crippen molar-refractivity contribution in [3.8, 4) is 6.07 Å². The summed E-state index contributed by atoms with van der Waals surface area (Å²) in [6.45, 7) is 0. The maximum Gasteiger partial charge on any atom is 0.0662 e.